The summed E-state index contributed by atoms with van der Waals surface area (Å²) in [5.41, 5.74) is 4.78. The van der Waals surface area contributed by atoms with Crippen LogP contribution in [0.5, 0.6) is 0 Å². The Hall–Kier alpha value is -1.52. The first-order valence-corrected chi connectivity index (χ1v) is 8.64. The van der Waals surface area contributed by atoms with Gasteiger partial charge in [0.15, 0.2) is 0 Å². The Morgan fingerprint density at radius 1 is 0.333 bits per heavy atom. The molecule has 0 bridgehead atoms. The van der Waals surface area contributed by atoms with Crippen molar-refractivity contribution in [1.82, 2.24) is 0 Å². The molecule has 4 aromatic rings. The number of hydrogen-bond acceptors (Lipinski definition) is 0. The van der Waals surface area contributed by atoms with E-state index in [4.69, 9.17) is 0 Å². The van der Waals surface area contributed by atoms with Gasteiger partial charge in [0.25, 0.3) is 0 Å². The molecule has 2 heteroatoms. The van der Waals surface area contributed by atoms with Crippen molar-refractivity contribution in [2.45, 2.75) is 5.41 Å². The summed E-state index contributed by atoms with van der Waals surface area (Å²) < 4.78 is 0. The molecule has 27 heavy (non-hydrogen) atoms. The second-order valence-corrected chi connectivity index (χ2v) is 6.21. The van der Waals surface area contributed by atoms with E-state index < -0.39 is 0 Å². The normalized spacial score (nSPS) is 10.4. The van der Waals surface area contributed by atoms with Crippen molar-refractivity contribution >= 4 is 48.4 Å². The third-order valence-corrected chi connectivity index (χ3v) is 4.83. The van der Waals surface area contributed by atoms with Crippen LogP contribution in [0.1, 0.15) is 22.3 Å². The van der Waals surface area contributed by atoms with Crippen LogP contribution in [0.15, 0.2) is 121 Å². The van der Waals surface area contributed by atoms with Crippen molar-refractivity contribution in [2.75, 3.05) is 0 Å². The van der Waals surface area contributed by atoms with Crippen LogP contribution < -0.4 is 0 Å². The van der Waals surface area contributed by atoms with E-state index in [2.05, 4.69) is 121 Å². The van der Waals surface area contributed by atoms with Crippen LogP contribution in [0.3, 0.4) is 0 Å². The first kappa shape index (κ1) is 21.8. The molecule has 0 heterocycles. The fourth-order valence-corrected chi connectivity index (χ4v) is 3.75. The summed E-state index contributed by atoms with van der Waals surface area (Å²) in [5, 5.41) is 0. The fraction of sp³-hybridized carbons (Fsp3) is 0.0400. The Labute approximate surface area is 196 Å². The molecule has 0 spiro atoms. The SMILES string of the molecule is [LiH].[NaH].c1ccc(C(c2ccccc2)(c2ccccc2)c2ccccc2)cc1. The van der Waals surface area contributed by atoms with Crippen molar-refractivity contribution in [3.05, 3.63) is 144 Å². The van der Waals surface area contributed by atoms with Gasteiger partial charge in [-0.15, -0.1) is 0 Å². The maximum atomic E-state index is 2.23. The molecule has 0 fully saturated rings. The van der Waals surface area contributed by atoms with Gasteiger partial charge >= 0.3 is 48.4 Å². The Balaban J connectivity index is 0.00000131. The molecule has 0 unspecified atom stereocenters. The number of rotatable bonds is 4. The molecule has 0 aliphatic carbocycles. The van der Waals surface area contributed by atoms with E-state index in [1.165, 1.54) is 22.3 Å². The van der Waals surface area contributed by atoms with Crippen LogP contribution in [0.25, 0.3) is 0 Å². The summed E-state index contributed by atoms with van der Waals surface area (Å²) in [6, 6.07) is 43.1. The third kappa shape index (κ3) is 4.17. The molecule has 0 aromatic heterocycles. The van der Waals surface area contributed by atoms with Crippen molar-refractivity contribution in [3.8, 4) is 0 Å². The average molecular weight is 352 g/mol. The molecule has 124 valence electrons. The standard InChI is InChI=1S/C25H20.Li.Na.2H/c1-5-13-21(14-6-1)25(22-15-7-2-8-16-22,23-17-9-3-10-18-23)24-19-11-4-12-20-24;;;;/h1-20H;;;;. The predicted octanol–water partition coefficient (Wildman–Crippen LogP) is 4.77. The average Bonchev–Trinajstić information content (AvgIpc) is 2.72. The summed E-state index contributed by atoms with van der Waals surface area (Å²) in [6.07, 6.45) is 0. The molecule has 0 atom stereocenters. The Bertz CT molecular complexity index is 759. The van der Waals surface area contributed by atoms with Gasteiger partial charge in [-0.1, -0.05) is 121 Å². The first-order chi connectivity index (χ1) is 12.4. The Kier molecular flexibility index (Phi) is 8.18. The monoisotopic (exact) mass is 352 g/mol. The molecular formula is C25H22LiNa. The van der Waals surface area contributed by atoms with Crippen LogP contribution in [-0.2, 0) is 5.41 Å². The van der Waals surface area contributed by atoms with E-state index in [1.54, 1.807) is 0 Å². The van der Waals surface area contributed by atoms with Crippen LogP contribution in [0.4, 0.5) is 0 Å². The molecule has 0 nitrogen and oxygen atoms in total. The Morgan fingerprint density at radius 2 is 0.519 bits per heavy atom. The molecule has 4 aromatic carbocycles. The molecular weight excluding hydrogens is 330 g/mol. The van der Waals surface area contributed by atoms with Crippen molar-refractivity contribution in [2.24, 2.45) is 0 Å². The van der Waals surface area contributed by atoms with Crippen molar-refractivity contribution in [1.29, 1.82) is 0 Å². The first-order valence-electron chi connectivity index (χ1n) is 8.64. The van der Waals surface area contributed by atoms with Crippen LogP contribution >= 0.6 is 0 Å². The van der Waals surface area contributed by atoms with E-state index in [-0.39, 0.29) is 53.8 Å². The van der Waals surface area contributed by atoms with Gasteiger partial charge in [0.2, 0.25) is 0 Å². The molecule has 0 N–H and O–H groups in total. The largest absolute Gasteiger partial charge is 0.0701 e. The Morgan fingerprint density at radius 3 is 0.704 bits per heavy atom. The topological polar surface area (TPSA) is 0 Å². The van der Waals surface area contributed by atoms with E-state index in [9.17, 15) is 0 Å². The van der Waals surface area contributed by atoms with Gasteiger partial charge in [0.1, 0.15) is 0 Å². The summed E-state index contributed by atoms with van der Waals surface area (Å²) in [7, 11) is 0. The minimum Gasteiger partial charge on any atom is -0.0622 e. The van der Waals surface area contributed by atoms with Crippen LogP contribution in [0, 0.1) is 0 Å². The summed E-state index contributed by atoms with van der Waals surface area (Å²) >= 11 is 0. The van der Waals surface area contributed by atoms with E-state index in [0.717, 1.165) is 0 Å². The molecule has 0 aliphatic rings. The van der Waals surface area contributed by atoms with Gasteiger partial charge in [0, 0.05) is 0 Å². The molecule has 0 radical (unpaired) electrons. The van der Waals surface area contributed by atoms with Gasteiger partial charge in [-0.05, 0) is 22.3 Å². The van der Waals surface area contributed by atoms with Gasteiger partial charge in [-0.25, -0.2) is 0 Å². The number of hydrogen-bond donors (Lipinski definition) is 0. The summed E-state index contributed by atoms with van der Waals surface area (Å²) in [4.78, 5) is 0. The van der Waals surface area contributed by atoms with Crippen molar-refractivity contribution < 1.29 is 0 Å². The van der Waals surface area contributed by atoms with E-state index >= 15 is 0 Å². The maximum Gasteiger partial charge on any atom is 0.0701 e. The minimum absolute atomic E-state index is 0. The van der Waals surface area contributed by atoms with Gasteiger partial charge in [0.05, 0.1) is 5.41 Å². The zero-order valence-electron chi connectivity index (χ0n) is 14.0. The molecule has 0 aliphatic heterocycles. The summed E-state index contributed by atoms with van der Waals surface area (Å²) in [6.45, 7) is 0. The van der Waals surface area contributed by atoms with Crippen LogP contribution in [-0.4, -0.2) is 48.4 Å². The predicted molar refractivity (Wildman–Crippen MR) is 119 cm³/mol. The molecule has 0 saturated heterocycles. The number of benzene rings is 4. The van der Waals surface area contributed by atoms with Gasteiger partial charge < -0.3 is 0 Å². The fourth-order valence-electron chi connectivity index (χ4n) is 3.75. The van der Waals surface area contributed by atoms with E-state index in [0.29, 0.717) is 0 Å². The third-order valence-electron chi connectivity index (χ3n) is 4.83. The summed E-state index contributed by atoms with van der Waals surface area (Å²) in [5.74, 6) is 0. The smallest absolute Gasteiger partial charge is 0.0622 e. The second kappa shape index (κ2) is 10.1. The second-order valence-electron chi connectivity index (χ2n) is 6.21. The van der Waals surface area contributed by atoms with Gasteiger partial charge in [-0.3, -0.25) is 0 Å². The maximum absolute atomic E-state index is 2.23. The van der Waals surface area contributed by atoms with Crippen molar-refractivity contribution in [3.63, 3.8) is 0 Å². The molecule has 4 rings (SSSR count). The van der Waals surface area contributed by atoms with Gasteiger partial charge in [-0.2, -0.15) is 0 Å². The van der Waals surface area contributed by atoms with Crippen LogP contribution in [0.2, 0.25) is 0 Å². The quantitative estimate of drug-likeness (QED) is 0.367. The minimum atomic E-state index is -0.328. The molecule has 0 saturated carbocycles. The van der Waals surface area contributed by atoms with E-state index in [1.807, 2.05) is 0 Å². The molecule has 0 amide bonds. The zero-order chi connectivity index (χ0) is 17.0. The zero-order valence-corrected chi connectivity index (χ0v) is 14.0.